The Morgan fingerprint density at radius 1 is 0.949 bits per heavy atom. The predicted octanol–water partition coefficient (Wildman–Crippen LogP) is 7.75. The minimum Gasteiger partial charge on any atom is -0.481 e. The number of aromatic nitrogens is 1. The van der Waals surface area contributed by atoms with Crippen LogP contribution in [0.15, 0.2) is 78.9 Å². The maximum atomic E-state index is 13.6. The van der Waals surface area contributed by atoms with E-state index in [9.17, 15) is 27.9 Å². The fraction of sp³-hybridized carbons (Fsp3) is 0.207. The lowest BCUT2D eigenvalue weighted by molar-refractivity contribution is -0.205. The molecule has 10 heteroatoms. The molecule has 0 aliphatic heterocycles. The number of nitrogens with one attached hydrogen (secondary N) is 1. The van der Waals surface area contributed by atoms with Crippen LogP contribution >= 0.6 is 11.5 Å². The van der Waals surface area contributed by atoms with E-state index in [4.69, 9.17) is 4.74 Å². The van der Waals surface area contributed by atoms with Gasteiger partial charge in [-0.15, -0.1) is 0 Å². The average Bonchev–Trinajstić information content (AvgIpc) is 3.67. The number of anilines is 1. The zero-order valence-electron chi connectivity index (χ0n) is 20.7. The van der Waals surface area contributed by atoms with Crippen molar-refractivity contribution >= 4 is 29.3 Å². The van der Waals surface area contributed by atoms with Crippen molar-refractivity contribution in [3.05, 3.63) is 95.7 Å². The largest absolute Gasteiger partial charge is 0.481 e. The van der Waals surface area contributed by atoms with E-state index < -0.39 is 29.8 Å². The molecule has 200 valence electrons. The quantitative estimate of drug-likeness (QED) is 0.245. The summed E-state index contributed by atoms with van der Waals surface area (Å²) in [4.78, 5) is 24.7. The lowest BCUT2D eigenvalue weighted by Crippen LogP contribution is -2.28. The predicted molar refractivity (Wildman–Crippen MR) is 142 cm³/mol. The first-order chi connectivity index (χ1) is 18.6. The van der Waals surface area contributed by atoms with Crippen LogP contribution in [0, 0.1) is 6.92 Å². The SMILES string of the molecule is Cc1nsc(-c2ccc(-c3ccc(C4(C(=O)O)CC4)cc3)cc2)c1NC(=O)O[C@@H](c1ccccc1)C(F)(F)F. The number of alkyl halides is 3. The summed E-state index contributed by atoms with van der Waals surface area (Å²) in [6.45, 7) is 1.65. The monoisotopic (exact) mass is 552 g/mol. The van der Waals surface area contributed by atoms with E-state index in [1.165, 1.54) is 24.3 Å². The minimum absolute atomic E-state index is 0.181. The van der Waals surface area contributed by atoms with Gasteiger partial charge in [0.25, 0.3) is 0 Å². The number of halogens is 3. The maximum absolute atomic E-state index is 13.6. The first kappa shape index (κ1) is 26.4. The normalized spacial score (nSPS) is 14.9. The Labute approximate surface area is 226 Å². The Morgan fingerprint density at radius 2 is 1.51 bits per heavy atom. The van der Waals surface area contributed by atoms with Crippen molar-refractivity contribution in [3.63, 3.8) is 0 Å². The summed E-state index contributed by atoms with van der Waals surface area (Å²) in [5.41, 5.74) is 3.09. The van der Waals surface area contributed by atoms with Crippen molar-refractivity contribution in [2.45, 2.75) is 37.5 Å². The molecule has 1 fully saturated rings. The molecule has 6 nitrogen and oxygen atoms in total. The fourth-order valence-electron chi connectivity index (χ4n) is 4.45. The van der Waals surface area contributed by atoms with Crippen molar-refractivity contribution in [2.24, 2.45) is 0 Å². The van der Waals surface area contributed by atoms with Gasteiger partial charge in [-0.2, -0.15) is 17.5 Å². The number of carbonyl (C=O) groups is 2. The summed E-state index contributed by atoms with van der Waals surface area (Å²) in [5.74, 6) is -0.804. The van der Waals surface area contributed by atoms with E-state index in [1.54, 1.807) is 13.0 Å². The van der Waals surface area contributed by atoms with Crippen LogP contribution in [0.3, 0.4) is 0 Å². The van der Waals surface area contributed by atoms with E-state index >= 15 is 0 Å². The first-order valence-electron chi connectivity index (χ1n) is 12.1. The van der Waals surface area contributed by atoms with Gasteiger partial charge in [-0.25, -0.2) is 4.79 Å². The number of nitrogens with zero attached hydrogens (tertiary/aromatic N) is 1. The molecule has 3 aromatic carbocycles. The lowest BCUT2D eigenvalue weighted by Gasteiger charge is -2.21. The van der Waals surface area contributed by atoms with Gasteiger partial charge < -0.3 is 9.84 Å². The number of benzene rings is 3. The van der Waals surface area contributed by atoms with Gasteiger partial charge in [-0.1, -0.05) is 78.9 Å². The molecule has 0 unspecified atom stereocenters. The van der Waals surface area contributed by atoms with Crippen LogP contribution in [0.2, 0.25) is 0 Å². The Kier molecular flexibility index (Phi) is 6.90. The number of rotatable bonds is 7. The lowest BCUT2D eigenvalue weighted by atomic mass is 9.93. The Morgan fingerprint density at radius 3 is 2.05 bits per heavy atom. The summed E-state index contributed by atoms with van der Waals surface area (Å²) in [7, 11) is 0. The van der Waals surface area contributed by atoms with Gasteiger partial charge in [0.2, 0.25) is 6.10 Å². The minimum atomic E-state index is -4.79. The number of amides is 1. The number of hydrogen-bond acceptors (Lipinski definition) is 5. The van der Waals surface area contributed by atoms with Gasteiger partial charge in [0, 0.05) is 5.56 Å². The number of carboxylic acids is 1. The highest BCUT2D eigenvalue weighted by Gasteiger charge is 2.51. The second kappa shape index (κ2) is 10.2. The Hall–Kier alpha value is -4.18. The Bertz CT molecular complexity index is 1500. The van der Waals surface area contributed by atoms with Gasteiger partial charge >= 0.3 is 18.2 Å². The van der Waals surface area contributed by atoms with Crippen LogP contribution in [0.5, 0.6) is 0 Å². The molecule has 1 saturated carbocycles. The number of hydrogen-bond donors (Lipinski definition) is 2. The molecule has 0 spiro atoms. The zero-order chi connectivity index (χ0) is 27.8. The third-order valence-electron chi connectivity index (χ3n) is 6.79. The highest BCUT2D eigenvalue weighted by Crippen LogP contribution is 2.48. The topological polar surface area (TPSA) is 88.5 Å². The number of carbonyl (C=O) groups excluding carboxylic acids is 1. The van der Waals surface area contributed by atoms with E-state index in [1.807, 2.05) is 48.5 Å². The van der Waals surface area contributed by atoms with Gasteiger partial charge in [0.15, 0.2) is 0 Å². The van der Waals surface area contributed by atoms with Gasteiger partial charge in [-0.05, 0) is 53.6 Å². The third kappa shape index (κ3) is 5.37. The second-order valence-corrected chi connectivity index (χ2v) is 10.2. The molecule has 4 aromatic rings. The van der Waals surface area contributed by atoms with Crippen molar-refractivity contribution < 1.29 is 32.6 Å². The maximum Gasteiger partial charge on any atom is 0.429 e. The van der Waals surface area contributed by atoms with Crippen molar-refractivity contribution in [1.29, 1.82) is 0 Å². The van der Waals surface area contributed by atoms with E-state index in [2.05, 4.69) is 9.69 Å². The van der Waals surface area contributed by atoms with Crippen LogP contribution in [-0.2, 0) is 14.9 Å². The van der Waals surface area contributed by atoms with Crippen LogP contribution in [-0.4, -0.2) is 27.7 Å². The second-order valence-electron chi connectivity index (χ2n) is 9.38. The molecule has 0 saturated heterocycles. The highest BCUT2D eigenvalue weighted by molar-refractivity contribution is 7.10. The summed E-state index contributed by atoms with van der Waals surface area (Å²) in [5, 5.41) is 12.0. The summed E-state index contributed by atoms with van der Waals surface area (Å²) < 4.78 is 50.0. The number of aliphatic carboxylic acids is 1. The van der Waals surface area contributed by atoms with Crippen molar-refractivity contribution in [1.82, 2.24) is 4.37 Å². The van der Waals surface area contributed by atoms with Crippen LogP contribution < -0.4 is 5.32 Å². The molecule has 0 bridgehead atoms. The highest BCUT2D eigenvalue weighted by atomic mass is 32.1. The first-order valence-corrected chi connectivity index (χ1v) is 12.9. The third-order valence-corrected chi connectivity index (χ3v) is 7.78. The molecule has 39 heavy (non-hydrogen) atoms. The summed E-state index contributed by atoms with van der Waals surface area (Å²) in [6.07, 6.45) is -7.16. The standard InChI is InChI=1S/C29H23F3N2O4S/c1-17-23(33-27(37)38-25(29(30,31)32)21-5-3-2-4-6-21)24(39-34-17)20-9-7-18(8-10-20)19-11-13-22(14-12-19)28(15-16-28)26(35)36/h2-14,25H,15-16H2,1H3,(H,33,37)(H,35,36)/t25-/m0/s1. The van der Waals surface area contributed by atoms with Crippen molar-refractivity contribution in [3.8, 4) is 21.6 Å². The molecule has 1 amide bonds. The van der Waals surface area contributed by atoms with Crippen LogP contribution in [0.4, 0.5) is 23.7 Å². The molecular weight excluding hydrogens is 529 g/mol. The molecule has 5 rings (SSSR count). The van der Waals surface area contributed by atoms with E-state index in [-0.39, 0.29) is 11.3 Å². The van der Waals surface area contributed by atoms with E-state index in [0.717, 1.165) is 33.8 Å². The smallest absolute Gasteiger partial charge is 0.429 e. The number of aryl methyl sites for hydroxylation is 1. The molecule has 2 N–H and O–H groups in total. The molecule has 1 aliphatic rings. The molecule has 1 heterocycles. The molecule has 1 atom stereocenters. The summed E-state index contributed by atoms with van der Waals surface area (Å²) in [6, 6.07) is 21.8. The molecule has 0 radical (unpaired) electrons. The molecular formula is C29H23F3N2O4S. The summed E-state index contributed by atoms with van der Waals surface area (Å²) >= 11 is 1.11. The van der Waals surface area contributed by atoms with Crippen LogP contribution in [0.25, 0.3) is 21.6 Å². The fourth-order valence-corrected chi connectivity index (χ4v) is 5.30. The number of carboxylic acid groups (broad SMARTS) is 1. The van der Waals surface area contributed by atoms with Gasteiger partial charge in [0.05, 0.1) is 21.7 Å². The van der Waals surface area contributed by atoms with Crippen LogP contribution in [0.1, 0.15) is 35.8 Å². The Balaban J connectivity index is 1.33. The van der Waals surface area contributed by atoms with Crippen molar-refractivity contribution in [2.75, 3.05) is 5.32 Å². The van der Waals surface area contributed by atoms with Gasteiger partial charge in [0.1, 0.15) is 0 Å². The van der Waals surface area contributed by atoms with E-state index in [0.29, 0.717) is 23.4 Å². The molecule has 1 aliphatic carbocycles. The van der Waals surface area contributed by atoms with Gasteiger partial charge in [-0.3, -0.25) is 10.1 Å². The molecule has 1 aromatic heterocycles. The zero-order valence-corrected chi connectivity index (χ0v) is 21.5. The number of ether oxygens (including phenoxy) is 1. The average molecular weight is 553 g/mol.